The highest BCUT2D eigenvalue weighted by molar-refractivity contribution is 5.70. The van der Waals surface area contributed by atoms with Gasteiger partial charge in [-0.05, 0) is 24.1 Å². The van der Waals surface area contributed by atoms with Gasteiger partial charge in [-0.15, -0.1) is 0 Å². The summed E-state index contributed by atoms with van der Waals surface area (Å²) in [5.74, 6) is -1.61. The summed E-state index contributed by atoms with van der Waals surface area (Å²) in [4.78, 5) is 20.1. The third-order valence-electron chi connectivity index (χ3n) is 2.00. The Labute approximate surface area is 112 Å². The van der Waals surface area contributed by atoms with Gasteiger partial charge in [-0.1, -0.05) is 31.2 Å². The molecule has 0 aromatic heterocycles. The Kier molecular flexibility index (Phi) is 8.53. The van der Waals surface area contributed by atoms with Gasteiger partial charge >= 0.3 is 11.9 Å². The van der Waals surface area contributed by atoms with Crippen molar-refractivity contribution in [2.45, 2.75) is 26.2 Å². The van der Waals surface area contributed by atoms with Crippen LogP contribution in [0.5, 0.6) is 0 Å². The zero-order chi connectivity index (χ0) is 14.7. The SMILES string of the molecule is CC/C=C/CC(=O)O.Nc1cccc(CC(=O)O)c1. The van der Waals surface area contributed by atoms with Crippen molar-refractivity contribution in [2.75, 3.05) is 5.73 Å². The largest absolute Gasteiger partial charge is 0.481 e. The van der Waals surface area contributed by atoms with Gasteiger partial charge in [0.15, 0.2) is 0 Å². The highest BCUT2D eigenvalue weighted by atomic mass is 16.4. The summed E-state index contributed by atoms with van der Waals surface area (Å²) in [6.07, 6.45) is 4.59. The molecule has 5 nitrogen and oxygen atoms in total. The van der Waals surface area contributed by atoms with Crippen LogP contribution < -0.4 is 5.73 Å². The maximum Gasteiger partial charge on any atom is 0.307 e. The van der Waals surface area contributed by atoms with E-state index < -0.39 is 11.9 Å². The predicted molar refractivity (Wildman–Crippen MR) is 73.9 cm³/mol. The van der Waals surface area contributed by atoms with Crippen molar-refractivity contribution in [3.05, 3.63) is 42.0 Å². The van der Waals surface area contributed by atoms with Crippen molar-refractivity contribution >= 4 is 17.6 Å². The van der Waals surface area contributed by atoms with Crippen LogP contribution in [-0.4, -0.2) is 22.2 Å². The molecule has 5 heteroatoms. The molecule has 0 saturated heterocycles. The highest BCUT2D eigenvalue weighted by Gasteiger charge is 1.98. The van der Waals surface area contributed by atoms with Crippen LogP contribution in [-0.2, 0) is 16.0 Å². The lowest BCUT2D eigenvalue weighted by atomic mass is 10.1. The molecule has 0 aliphatic heterocycles. The smallest absolute Gasteiger partial charge is 0.307 e. The Hall–Kier alpha value is -2.30. The van der Waals surface area contributed by atoms with E-state index in [-0.39, 0.29) is 12.8 Å². The van der Waals surface area contributed by atoms with Crippen LogP contribution in [0.25, 0.3) is 0 Å². The van der Waals surface area contributed by atoms with Crippen molar-refractivity contribution in [2.24, 2.45) is 0 Å². The minimum Gasteiger partial charge on any atom is -0.481 e. The Morgan fingerprint density at radius 1 is 1.21 bits per heavy atom. The molecule has 0 spiro atoms. The van der Waals surface area contributed by atoms with Crippen molar-refractivity contribution in [1.82, 2.24) is 0 Å². The monoisotopic (exact) mass is 265 g/mol. The molecular weight excluding hydrogens is 246 g/mol. The zero-order valence-electron chi connectivity index (χ0n) is 10.9. The number of carboxylic acid groups (broad SMARTS) is 2. The molecule has 0 aliphatic carbocycles. The number of allylic oxidation sites excluding steroid dienone is 1. The van der Waals surface area contributed by atoms with Gasteiger partial charge in [0.25, 0.3) is 0 Å². The first kappa shape index (κ1) is 16.7. The number of nitrogens with two attached hydrogens (primary N) is 1. The van der Waals surface area contributed by atoms with Crippen LogP contribution in [0.4, 0.5) is 5.69 Å². The van der Waals surface area contributed by atoms with Crippen LogP contribution >= 0.6 is 0 Å². The normalized spacial score (nSPS) is 9.74. The topological polar surface area (TPSA) is 101 Å². The number of nitrogen functional groups attached to an aromatic ring is 1. The van der Waals surface area contributed by atoms with E-state index >= 15 is 0 Å². The number of carbonyl (C=O) groups is 2. The van der Waals surface area contributed by atoms with Crippen LogP contribution in [0.15, 0.2) is 36.4 Å². The second-order valence-corrected chi connectivity index (χ2v) is 3.79. The number of aliphatic carboxylic acids is 2. The Morgan fingerprint density at radius 3 is 2.37 bits per heavy atom. The second kappa shape index (κ2) is 9.70. The Morgan fingerprint density at radius 2 is 1.89 bits per heavy atom. The maximum atomic E-state index is 10.2. The van der Waals surface area contributed by atoms with E-state index in [0.717, 1.165) is 12.0 Å². The Balaban J connectivity index is 0.000000362. The number of carboxylic acids is 2. The number of hydrogen-bond donors (Lipinski definition) is 3. The molecule has 19 heavy (non-hydrogen) atoms. The molecule has 104 valence electrons. The fraction of sp³-hybridized carbons (Fsp3) is 0.286. The third-order valence-corrected chi connectivity index (χ3v) is 2.00. The van der Waals surface area contributed by atoms with Crippen LogP contribution in [0.2, 0.25) is 0 Å². The molecule has 1 aromatic rings. The molecule has 0 radical (unpaired) electrons. The lowest BCUT2D eigenvalue weighted by molar-refractivity contribution is -0.137. The van der Waals surface area contributed by atoms with Crippen molar-refractivity contribution in [3.63, 3.8) is 0 Å². The molecule has 1 rings (SSSR count). The molecule has 0 saturated carbocycles. The number of rotatable bonds is 5. The molecule has 0 aliphatic rings. The molecule has 0 fully saturated rings. The first-order chi connectivity index (χ1) is 8.95. The molecule has 0 bridgehead atoms. The Bertz CT molecular complexity index is 441. The minimum atomic E-state index is -0.837. The maximum absolute atomic E-state index is 10.2. The van der Waals surface area contributed by atoms with Gasteiger partial charge in [0.1, 0.15) is 0 Å². The quantitative estimate of drug-likeness (QED) is 0.560. The van der Waals surface area contributed by atoms with Gasteiger partial charge in [-0.3, -0.25) is 9.59 Å². The van der Waals surface area contributed by atoms with Gasteiger partial charge in [-0.2, -0.15) is 0 Å². The van der Waals surface area contributed by atoms with E-state index in [4.69, 9.17) is 15.9 Å². The summed E-state index contributed by atoms with van der Waals surface area (Å²) in [6, 6.07) is 6.87. The van der Waals surface area contributed by atoms with Crippen molar-refractivity contribution < 1.29 is 19.8 Å². The average Bonchev–Trinajstić information content (AvgIpc) is 2.28. The van der Waals surface area contributed by atoms with Gasteiger partial charge < -0.3 is 15.9 Å². The minimum absolute atomic E-state index is 0.0328. The molecule has 0 atom stereocenters. The standard InChI is InChI=1S/C8H9NO2.C6H10O2/c9-7-3-1-2-6(4-7)5-8(10)11;1-2-3-4-5-6(7)8/h1-4H,5,9H2,(H,10,11);3-4H,2,5H2,1H3,(H,7,8)/b;4-3+. The summed E-state index contributed by atoms with van der Waals surface area (Å²) in [5, 5.41) is 16.5. The number of anilines is 1. The summed E-state index contributed by atoms with van der Waals surface area (Å²) in [7, 11) is 0. The number of hydrogen-bond acceptors (Lipinski definition) is 3. The molecule has 0 heterocycles. The predicted octanol–water partition coefficient (Wildman–Crippen LogP) is 2.32. The van der Waals surface area contributed by atoms with Gasteiger partial charge in [0.05, 0.1) is 12.8 Å². The van der Waals surface area contributed by atoms with Gasteiger partial charge in [0, 0.05) is 5.69 Å². The van der Waals surface area contributed by atoms with Crippen molar-refractivity contribution in [1.29, 1.82) is 0 Å². The third kappa shape index (κ3) is 10.6. The van der Waals surface area contributed by atoms with E-state index in [0.29, 0.717) is 5.69 Å². The van der Waals surface area contributed by atoms with E-state index in [2.05, 4.69) is 0 Å². The van der Waals surface area contributed by atoms with E-state index in [9.17, 15) is 9.59 Å². The van der Waals surface area contributed by atoms with Crippen LogP contribution in [0, 0.1) is 0 Å². The summed E-state index contributed by atoms with van der Waals surface area (Å²) in [6.45, 7) is 1.97. The lowest BCUT2D eigenvalue weighted by Gasteiger charge is -1.96. The first-order valence-corrected chi connectivity index (χ1v) is 5.88. The second-order valence-electron chi connectivity index (χ2n) is 3.79. The molecule has 4 N–H and O–H groups in total. The van der Waals surface area contributed by atoms with Crippen LogP contribution in [0.1, 0.15) is 25.3 Å². The molecular formula is C14H19NO4. The summed E-state index contributed by atoms with van der Waals surface area (Å²) >= 11 is 0. The average molecular weight is 265 g/mol. The first-order valence-electron chi connectivity index (χ1n) is 5.88. The number of benzene rings is 1. The fourth-order valence-electron chi connectivity index (χ4n) is 1.23. The summed E-state index contributed by atoms with van der Waals surface area (Å²) < 4.78 is 0. The van der Waals surface area contributed by atoms with Crippen molar-refractivity contribution in [3.8, 4) is 0 Å². The molecule has 0 unspecified atom stereocenters. The summed E-state index contributed by atoms with van der Waals surface area (Å²) in [5.41, 5.74) is 6.78. The van der Waals surface area contributed by atoms with E-state index in [1.165, 1.54) is 0 Å². The highest BCUT2D eigenvalue weighted by Crippen LogP contribution is 2.06. The lowest BCUT2D eigenvalue weighted by Crippen LogP contribution is -2.00. The van der Waals surface area contributed by atoms with Gasteiger partial charge in [0.2, 0.25) is 0 Å². The van der Waals surface area contributed by atoms with Gasteiger partial charge in [-0.25, -0.2) is 0 Å². The van der Waals surface area contributed by atoms with Crippen LogP contribution in [0.3, 0.4) is 0 Å². The molecule has 1 aromatic carbocycles. The van der Waals surface area contributed by atoms with E-state index in [1.807, 2.05) is 13.0 Å². The molecule has 0 amide bonds. The zero-order valence-corrected chi connectivity index (χ0v) is 10.9. The van der Waals surface area contributed by atoms with E-state index in [1.54, 1.807) is 30.3 Å². The fourth-order valence-corrected chi connectivity index (χ4v) is 1.23.